The van der Waals surface area contributed by atoms with Gasteiger partial charge in [-0.2, -0.15) is 4.98 Å². The molecule has 0 atom stereocenters. The highest BCUT2D eigenvalue weighted by Gasteiger charge is 2.20. The molecular formula is C11H7BrClN5O2S. The first-order chi connectivity index (χ1) is 9.95. The first-order valence-corrected chi connectivity index (χ1v) is 8.26. The number of halogens is 2. The summed E-state index contributed by atoms with van der Waals surface area (Å²) in [5.74, 6) is 0.209. The van der Waals surface area contributed by atoms with Gasteiger partial charge in [-0.15, -0.1) is 5.10 Å². The maximum absolute atomic E-state index is 12.3. The summed E-state index contributed by atoms with van der Waals surface area (Å²) < 4.78 is 28.9. The van der Waals surface area contributed by atoms with E-state index in [0.717, 1.165) is 0 Å². The molecular weight excluding hydrogens is 382 g/mol. The first kappa shape index (κ1) is 14.2. The lowest BCUT2D eigenvalue weighted by molar-refractivity contribution is 0.601. The number of anilines is 1. The summed E-state index contributed by atoms with van der Waals surface area (Å²) >= 11 is 9.13. The maximum atomic E-state index is 12.3. The van der Waals surface area contributed by atoms with Crippen molar-refractivity contribution in [1.29, 1.82) is 0 Å². The monoisotopic (exact) mass is 387 g/mol. The van der Waals surface area contributed by atoms with Crippen LogP contribution in [0.3, 0.4) is 0 Å². The molecule has 1 N–H and O–H groups in total. The van der Waals surface area contributed by atoms with E-state index in [2.05, 4.69) is 35.7 Å². The van der Waals surface area contributed by atoms with Gasteiger partial charge >= 0.3 is 0 Å². The number of rotatable bonds is 3. The molecule has 0 saturated carbocycles. The molecule has 0 spiro atoms. The van der Waals surface area contributed by atoms with Crippen molar-refractivity contribution in [3.8, 4) is 0 Å². The molecule has 0 radical (unpaired) electrons. The molecule has 3 aromatic rings. The van der Waals surface area contributed by atoms with Gasteiger partial charge < -0.3 is 0 Å². The molecule has 0 fully saturated rings. The van der Waals surface area contributed by atoms with Gasteiger partial charge in [-0.05, 0) is 24.3 Å². The van der Waals surface area contributed by atoms with Gasteiger partial charge in [0.2, 0.25) is 0 Å². The van der Waals surface area contributed by atoms with Crippen LogP contribution >= 0.6 is 27.5 Å². The standard InChI is InChI=1S/C11H7BrClN5O2S/c12-7-2-3-8(13)9(6-7)21(19,20)17-10-15-11-14-4-1-5-18(11)16-10/h1-6H,(H,16,17). The van der Waals surface area contributed by atoms with Crippen molar-refractivity contribution >= 4 is 49.3 Å². The van der Waals surface area contributed by atoms with Gasteiger partial charge in [0, 0.05) is 16.9 Å². The largest absolute Gasteiger partial charge is 0.265 e. The van der Waals surface area contributed by atoms with Crippen molar-refractivity contribution in [2.24, 2.45) is 0 Å². The number of nitrogens with zero attached hydrogens (tertiary/aromatic N) is 4. The predicted octanol–water partition coefficient (Wildman–Crippen LogP) is 2.34. The molecule has 3 rings (SSSR count). The topological polar surface area (TPSA) is 89.2 Å². The Bertz CT molecular complexity index is 894. The van der Waals surface area contributed by atoms with E-state index in [-0.39, 0.29) is 21.6 Å². The molecule has 2 heterocycles. The Morgan fingerprint density at radius 1 is 1.33 bits per heavy atom. The van der Waals surface area contributed by atoms with E-state index >= 15 is 0 Å². The van der Waals surface area contributed by atoms with Crippen LogP contribution in [-0.2, 0) is 10.0 Å². The molecule has 7 nitrogen and oxygen atoms in total. The Morgan fingerprint density at radius 2 is 2.14 bits per heavy atom. The van der Waals surface area contributed by atoms with E-state index in [4.69, 9.17) is 11.6 Å². The van der Waals surface area contributed by atoms with E-state index in [1.165, 1.54) is 22.8 Å². The van der Waals surface area contributed by atoms with Crippen LogP contribution in [0.1, 0.15) is 0 Å². The summed E-state index contributed by atoms with van der Waals surface area (Å²) in [6, 6.07) is 6.19. The van der Waals surface area contributed by atoms with Crippen LogP contribution in [0, 0.1) is 0 Å². The molecule has 0 aliphatic carbocycles. The number of hydrogen-bond donors (Lipinski definition) is 1. The molecule has 0 unspecified atom stereocenters. The highest BCUT2D eigenvalue weighted by molar-refractivity contribution is 9.10. The summed E-state index contributed by atoms with van der Waals surface area (Å²) in [4.78, 5) is 7.86. The lowest BCUT2D eigenvalue weighted by Crippen LogP contribution is -2.14. The highest BCUT2D eigenvalue weighted by atomic mass is 79.9. The Labute approximate surface area is 133 Å². The van der Waals surface area contributed by atoms with Gasteiger partial charge in [0.15, 0.2) is 0 Å². The van der Waals surface area contributed by atoms with E-state index in [9.17, 15) is 8.42 Å². The van der Waals surface area contributed by atoms with Crippen molar-refractivity contribution in [2.45, 2.75) is 4.90 Å². The molecule has 1 aromatic carbocycles. The van der Waals surface area contributed by atoms with Gasteiger partial charge in [0.05, 0.1) is 5.02 Å². The third kappa shape index (κ3) is 2.85. The Morgan fingerprint density at radius 3 is 2.90 bits per heavy atom. The smallest absolute Gasteiger partial charge is 0.246 e. The van der Waals surface area contributed by atoms with Crippen LogP contribution in [0.25, 0.3) is 5.78 Å². The van der Waals surface area contributed by atoms with E-state index < -0.39 is 10.0 Å². The maximum Gasteiger partial charge on any atom is 0.265 e. The van der Waals surface area contributed by atoms with Crippen molar-refractivity contribution in [1.82, 2.24) is 19.6 Å². The number of fused-ring (bicyclic) bond motifs is 1. The molecule has 0 aliphatic rings. The minimum absolute atomic E-state index is 0.0645. The molecule has 0 bridgehead atoms. The van der Waals surface area contributed by atoms with Crippen LogP contribution in [0.4, 0.5) is 5.95 Å². The van der Waals surface area contributed by atoms with Crippen LogP contribution in [0.5, 0.6) is 0 Å². The lowest BCUT2D eigenvalue weighted by Gasteiger charge is -2.06. The van der Waals surface area contributed by atoms with Gasteiger partial charge in [-0.3, -0.25) is 0 Å². The predicted molar refractivity (Wildman–Crippen MR) is 80.7 cm³/mol. The summed E-state index contributed by atoms with van der Waals surface area (Å²) in [7, 11) is -3.89. The zero-order valence-electron chi connectivity index (χ0n) is 10.2. The van der Waals surface area contributed by atoms with E-state index in [1.54, 1.807) is 18.3 Å². The summed E-state index contributed by atoms with van der Waals surface area (Å²) in [6.45, 7) is 0. The summed E-state index contributed by atoms with van der Waals surface area (Å²) in [6.07, 6.45) is 3.15. The zero-order valence-corrected chi connectivity index (χ0v) is 13.4. The second kappa shape index (κ2) is 5.24. The fraction of sp³-hybridized carbons (Fsp3) is 0. The molecule has 0 amide bonds. The van der Waals surface area contributed by atoms with E-state index in [0.29, 0.717) is 4.47 Å². The van der Waals surface area contributed by atoms with E-state index in [1.807, 2.05) is 0 Å². The summed E-state index contributed by atoms with van der Waals surface area (Å²) in [5, 5.41) is 4.08. The number of hydrogen-bond acceptors (Lipinski definition) is 5. The minimum atomic E-state index is -3.89. The molecule has 10 heteroatoms. The van der Waals surface area contributed by atoms with Gasteiger partial charge in [0.1, 0.15) is 4.90 Å². The quantitative estimate of drug-likeness (QED) is 0.744. The average Bonchev–Trinajstić information content (AvgIpc) is 2.82. The molecule has 0 aliphatic heterocycles. The Hall–Kier alpha value is -1.71. The highest BCUT2D eigenvalue weighted by Crippen LogP contribution is 2.26. The SMILES string of the molecule is O=S(=O)(Nc1nc2ncccn2n1)c1cc(Br)ccc1Cl. The van der Waals surface area contributed by atoms with Crippen LogP contribution in [-0.4, -0.2) is 28.0 Å². The minimum Gasteiger partial charge on any atom is -0.246 e. The van der Waals surface area contributed by atoms with Crippen LogP contribution in [0.2, 0.25) is 5.02 Å². The second-order valence-electron chi connectivity index (χ2n) is 3.98. The molecule has 21 heavy (non-hydrogen) atoms. The van der Waals surface area contributed by atoms with Crippen molar-refractivity contribution in [3.63, 3.8) is 0 Å². The Balaban J connectivity index is 2.01. The fourth-order valence-electron chi connectivity index (χ4n) is 1.63. The van der Waals surface area contributed by atoms with Crippen LogP contribution in [0.15, 0.2) is 46.0 Å². The van der Waals surface area contributed by atoms with Gasteiger partial charge in [-0.1, -0.05) is 27.5 Å². The molecule has 2 aromatic heterocycles. The summed E-state index contributed by atoms with van der Waals surface area (Å²) in [5.41, 5.74) is 0. The van der Waals surface area contributed by atoms with Crippen LogP contribution < -0.4 is 4.72 Å². The number of benzene rings is 1. The normalized spacial score (nSPS) is 11.7. The number of aromatic nitrogens is 4. The Kier molecular flexibility index (Phi) is 3.56. The molecule has 0 saturated heterocycles. The van der Waals surface area contributed by atoms with Crippen molar-refractivity contribution < 1.29 is 8.42 Å². The molecule has 108 valence electrons. The average molecular weight is 389 g/mol. The van der Waals surface area contributed by atoms with Gasteiger partial charge in [-0.25, -0.2) is 22.6 Å². The third-order valence-electron chi connectivity index (χ3n) is 2.53. The van der Waals surface area contributed by atoms with Gasteiger partial charge in [0.25, 0.3) is 21.7 Å². The second-order valence-corrected chi connectivity index (χ2v) is 6.95. The van der Waals surface area contributed by atoms with Crippen molar-refractivity contribution in [2.75, 3.05) is 4.72 Å². The first-order valence-electron chi connectivity index (χ1n) is 5.61. The lowest BCUT2D eigenvalue weighted by atomic mass is 10.4. The fourth-order valence-corrected chi connectivity index (χ4v) is 3.61. The number of nitrogens with one attached hydrogen (secondary N) is 1. The number of sulfonamides is 1. The third-order valence-corrected chi connectivity index (χ3v) is 4.83. The zero-order chi connectivity index (χ0) is 15.0. The van der Waals surface area contributed by atoms with Crippen molar-refractivity contribution in [3.05, 3.63) is 46.2 Å².